The summed E-state index contributed by atoms with van der Waals surface area (Å²) in [5, 5.41) is 17.5. The fourth-order valence-corrected chi connectivity index (χ4v) is 1.20. The monoisotopic (exact) mass is 208 g/mol. The van der Waals surface area contributed by atoms with Gasteiger partial charge in [-0.2, -0.15) is 0 Å². The van der Waals surface area contributed by atoms with Gasteiger partial charge in [0.15, 0.2) is 0 Å². The van der Waals surface area contributed by atoms with Crippen molar-refractivity contribution in [2.75, 3.05) is 6.61 Å². The SMILES string of the molecule is CCOC(=O)c1ccc(CB(O)O)cc1. The van der Waals surface area contributed by atoms with Crippen molar-refractivity contribution in [1.82, 2.24) is 0 Å². The van der Waals surface area contributed by atoms with Crippen molar-refractivity contribution in [3.05, 3.63) is 35.4 Å². The molecular formula is C10H13BO4. The summed E-state index contributed by atoms with van der Waals surface area (Å²) < 4.78 is 4.81. The smallest absolute Gasteiger partial charge is 0.456 e. The zero-order chi connectivity index (χ0) is 11.3. The van der Waals surface area contributed by atoms with Crippen LogP contribution in [0.3, 0.4) is 0 Å². The molecule has 0 unspecified atom stereocenters. The first kappa shape index (κ1) is 11.7. The van der Waals surface area contributed by atoms with E-state index in [4.69, 9.17) is 14.8 Å². The van der Waals surface area contributed by atoms with E-state index < -0.39 is 7.12 Å². The van der Waals surface area contributed by atoms with Crippen LogP contribution in [0.1, 0.15) is 22.8 Å². The fraction of sp³-hybridized carbons (Fsp3) is 0.300. The van der Waals surface area contributed by atoms with Gasteiger partial charge in [-0.05, 0) is 24.6 Å². The number of hydrogen-bond acceptors (Lipinski definition) is 4. The van der Waals surface area contributed by atoms with Crippen LogP contribution in [-0.4, -0.2) is 29.7 Å². The highest BCUT2D eigenvalue weighted by Crippen LogP contribution is 2.06. The molecule has 0 heterocycles. The quantitative estimate of drug-likeness (QED) is 0.555. The second-order valence-corrected chi connectivity index (χ2v) is 3.10. The molecule has 0 aromatic heterocycles. The molecule has 15 heavy (non-hydrogen) atoms. The number of carbonyl (C=O) groups excluding carboxylic acids is 1. The zero-order valence-corrected chi connectivity index (χ0v) is 8.51. The van der Waals surface area contributed by atoms with Crippen LogP contribution in [-0.2, 0) is 11.1 Å². The van der Waals surface area contributed by atoms with Crippen LogP contribution in [0.5, 0.6) is 0 Å². The van der Waals surface area contributed by atoms with E-state index in [1.54, 1.807) is 31.2 Å². The summed E-state index contributed by atoms with van der Waals surface area (Å²) in [7, 11) is -1.36. The number of carbonyl (C=O) groups is 1. The standard InChI is InChI=1S/C10H13BO4/c1-2-15-10(12)9-5-3-8(4-6-9)7-11(13)14/h3-6,13-14H,2,7H2,1H3. The third-order valence-corrected chi connectivity index (χ3v) is 1.88. The van der Waals surface area contributed by atoms with Gasteiger partial charge in [0, 0.05) is 6.32 Å². The predicted octanol–water partition coefficient (Wildman–Crippen LogP) is 0.418. The van der Waals surface area contributed by atoms with Crippen molar-refractivity contribution in [2.45, 2.75) is 13.2 Å². The lowest BCUT2D eigenvalue weighted by Crippen LogP contribution is -2.15. The van der Waals surface area contributed by atoms with Crippen molar-refractivity contribution in [3.8, 4) is 0 Å². The van der Waals surface area contributed by atoms with Crippen LogP contribution in [0.15, 0.2) is 24.3 Å². The molecule has 0 saturated heterocycles. The largest absolute Gasteiger partial charge is 0.462 e. The van der Waals surface area contributed by atoms with Crippen LogP contribution >= 0.6 is 0 Å². The first-order valence-corrected chi connectivity index (χ1v) is 4.75. The molecule has 1 aromatic rings. The van der Waals surface area contributed by atoms with Gasteiger partial charge < -0.3 is 14.8 Å². The van der Waals surface area contributed by atoms with Crippen LogP contribution in [0, 0.1) is 0 Å². The molecule has 0 aliphatic heterocycles. The fourth-order valence-electron chi connectivity index (χ4n) is 1.20. The first-order valence-electron chi connectivity index (χ1n) is 4.75. The second-order valence-electron chi connectivity index (χ2n) is 3.10. The van der Waals surface area contributed by atoms with E-state index in [1.807, 2.05) is 0 Å². The van der Waals surface area contributed by atoms with E-state index in [1.165, 1.54) is 0 Å². The Morgan fingerprint density at radius 3 is 2.40 bits per heavy atom. The summed E-state index contributed by atoms with van der Waals surface area (Å²) in [5.74, 6) is -0.367. The van der Waals surface area contributed by atoms with Crippen LogP contribution in [0.4, 0.5) is 0 Å². The Bertz CT molecular complexity index is 321. The molecule has 1 rings (SSSR count). The zero-order valence-electron chi connectivity index (χ0n) is 8.51. The van der Waals surface area contributed by atoms with Gasteiger partial charge in [0.2, 0.25) is 0 Å². The van der Waals surface area contributed by atoms with E-state index in [0.717, 1.165) is 5.56 Å². The Balaban J connectivity index is 2.67. The van der Waals surface area contributed by atoms with Gasteiger partial charge in [-0.1, -0.05) is 12.1 Å². The van der Waals surface area contributed by atoms with E-state index in [2.05, 4.69) is 0 Å². The van der Waals surface area contributed by atoms with Gasteiger partial charge >= 0.3 is 13.1 Å². The molecule has 4 nitrogen and oxygen atoms in total. The van der Waals surface area contributed by atoms with Gasteiger partial charge in [0.1, 0.15) is 0 Å². The van der Waals surface area contributed by atoms with E-state index in [-0.39, 0.29) is 12.3 Å². The Hall–Kier alpha value is -1.33. The Labute approximate surface area is 88.6 Å². The van der Waals surface area contributed by atoms with Crippen LogP contribution in [0.25, 0.3) is 0 Å². The van der Waals surface area contributed by atoms with Gasteiger partial charge in [0.05, 0.1) is 12.2 Å². The molecule has 5 heteroatoms. The van der Waals surface area contributed by atoms with E-state index >= 15 is 0 Å². The van der Waals surface area contributed by atoms with Gasteiger partial charge in [0.25, 0.3) is 0 Å². The number of hydrogen-bond donors (Lipinski definition) is 2. The number of benzene rings is 1. The Morgan fingerprint density at radius 1 is 1.33 bits per heavy atom. The number of esters is 1. The molecule has 0 fully saturated rings. The third-order valence-electron chi connectivity index (χ3n) is 1.88. The topological polar surface area (TPSA) is 66.8 Å². The minimum absolute atomic E-state index is 0.156. The highest BCUT2D eigenvalue weighted by Gasteiger charge is 2.09. The van der Waals surface area contributed by atoms with Crippen molar-refractivity contribution >= 4 is 13.1 Å². The average Bonchev–Trinajstić information content (AvgIpc) is 2.18. The van der Waals surface area contributed by atoms with Gasteiger partial charge in [-0.25, -0.2) is 4.79 Å². The summed E-state index contributed by atoms with van der Waals surface area (Å²) in [6, 6.07) is 6.56. The maximum Gasteiger partial charge on any atom is 0.456 e. The summed E-state index contributed by atoms with van der Waals surface area (Å²) in [6.07, 6.45) is 0.156. The molecule has 1 aromatic carbocycles. The summed E-state index contributed by atoms with van der Waals surface area (Å²) in [6.45, 7) is 2.09. The number of ether oxygens (including phenoxy) is 1. The van der Waals surface area contributed by atoms with Gasteiger partial charge in [-0.3, -0.25) is 0 Å². The Kier molecular flexibility index (Phi) is 4.33. The molecule has 2 N–H and O–H groups in total. The lowest BCUT2D eigenvalue weighted by Gasteiger charge is -2.03. The molecular weight excluding hydrogens is 195 g/mol. The molecule has 0 amide bonds. The second kappa shape index (κ2) is 5.53. The minimum Gasteiger partial charge on any atom is -0.462 e. The maximum atomic E-state index is 11.3. The summed E-state index contributed by atoms with van der Waals surface area (Å²) in [4.78, 5) is 11.3. The molecule has 0 saturated carbocycles. The molecule has 0 radical (unpaired) electrons. The van der Waals surface area contributed by atoms with E-state index in [0.29, 0.717) is 12.2 Å². The average molecular weight is 208 g/mol. The van der Waals surface area contributed by atoms with Crippen molar-refractivity contribution < 1.29 is 19.6 Å². The van der Waals surface area contributed by atoms with Crippen molar-refractivity contribution in [3.63, 3.8) is 0 Å². The first-order chi connectivity index (χ1) is 7.13. The summed E-state index contributed by atoms with van der Waals surface area (Å²) in [5.41, 5.74) is 1.23. The highest BCUT2D eigenvalue weighted by atomic mass is 16.5. The number of rotatable bonds is 4. The maximum absolute atomic E-state index is 11.3. The minimum atomic E-state index is -1.36. The molecule has 0 aliphatic carbocycles. The molecule has 0 atom stereocenters. The van der Waals surface area contributed by atoms with Gasteiger partial charge in [-0.15, -0.1) is 0 Å². The molecule has 0 bridgehead atoms. The third kappa shape index (κ3) is 3.73. The lowest BCUT2D eigenvalue weighted by molar-refractivity contribution is 0.0526. The van der Waals surface area contributed by atoms with Crippen LogP contribution < -0.4 is 0 Å². The molecule has 0 aliphatic rings. The normalized spacial score (nSPS) is 9.80. The van der Waals surface area contributed by atoms with Crippen LogP contribution in [0.2, 0.25) is 0 Å². The van der Waals surface area contributed by atoms with E-state index in [9.17, 15) is 4.79 Å². The Morgan fingerprint density at radius 2 is 1.93 bits per heavy atom. The lowest BCUT2D eigenvalue weighted by atomic mass is 9.82. The molecule has 0 spiro atoms. The summed E-state index contributed by atoms with van der Waals surface area (Å²) >= 11 is 0. The highest BCUT2D eigenvalue weighted by molar-refractivity contribution is 6.40. The van der Waals surface area contributed by atoms with Crippen molar-refractivity contribution in [2.24, 2.45) is 0 Å². The van der Waals surface area contributed by atoms with Crippen molar-refractivity contribution in [1.29, 1.82) is 0 Å². The predicted molar refractivity (Wildman–Crippen MR) is 56.3 cm³/mol. The molecule has 80 valence electrons.